The molecule has 2 aromatic carbocycles. The SMILES string of the molecule is COc1ccc(NC(=O)N2CCOc3cc(F)ccc3C2)cc1N1CCCC1=O. The van der Waals surface area contributed by atoms with Crippen LogP contribution >= 0.6 is 0 Å². The molecule has 1 fully saturated rings. The van der Waals surface area contributed by atoms with Crippen molar-refractivity contribution < 1.29 is 23.5 Å². The highest BCUT2D eigenvalue weighted by Crippen LogP contribution is 2.34. The molecule has 152 valence electrons. The standard InChI is InChI=1S/C21H22FN3O4/c1-28-18-7-6-16(12-17(18)25-8-2-3-20(25)26)23-21(27)24-9-10-29-19-11-15(22)5-4-14(19)13-24/h4-7,11-12H,2-3,8-10,13H2,1H3,(H,23,27). The van der Waals surface area contributed by atoms with Gasteiger partial charge in [0.15, 0.2) is 0 Å². The molecule has 4 rings (SSSR count). The van der Waals surface area contributed by atoms with Crippen LogP contribution in [-0.2, 0) is 11.3 Å². The normalized spacial score (nSPS) is 16.1. The number of carbonyl (C=O) groups excluding carboxylic acids is 2. The van der Waals surface area contributed by atoms with E-state index in [4.69, 9.17) is 9.47 Å². The minimum atomic E-state index is -0.371. The lowest BCUT2D eigenvalue weighted by atomic mass is 10.2. The minimum Gasteiger partial charge on any atom is -0.495 e. The summed E-state index contributed by atoms with van der Waals surface area (Å²) in [4.78, 5) is 28.2. The summed E-state index contributed by atoms with van der Waals surface area (Å²) in [6.45, 7) is 1.59. The van der Waals surface area contributed by atoms with Crippen LogP contribution in [-0.4, -0.2) is 43.6 Å². The van der Waals surface area contributed by atoms with E-state index < -0.39 is 0 Å². The van der Waals surface area contributed by atoms with Crippen LogP contribution in [0.25, 0.3) is 0 Å². The summed E-state index contributed by atoms with van der Waals surface area (Å²) in [6, 6.07) is 9.23. The number of benzene rings is 2. The molecule has 0 aromatic heterocycles. The van der Waals surface area contributed by atoms with Gasteiger partial charge in [0.2, 0.25) is 5.91 Å². The fraction of sp³-hybridized carbons (Fsp3) is 0.333. The van der Waals surface area contributed by atoms with Crippen molar-refractivity contribution in [1.29, 1.82) is 0 Å². The number of urea groups is 1. The van der Waals surface area contributed by atoms with E-state index in [0.29, 0.717) is 48.9 Å². The summed E-state index contributed by atoms with van der Waals surface area (Å²) in [5, 5.41) is 2.88. The fourth-order valence-electron chi connectivity index (χ4n) is 3.60. The van der Waals surface area contributed by atoms with Crippen LogP contribution in [0.1, 0.15) is 18.4 Å². The minimum absolute atomic E-state index is 0.0419. The van der Waals surface area contributed by atoms with Crippen molar-refractivity contribution in [3.05, 3.63) is 47.8 Å². The molecule has 1 saturated heterocycles. The van der Waals surface area contributed by atoms with E-state index in [0.717, 1.165) is 12.0 Å². The summed E-state index contributed by atoms with van der Waals surface area (Å²) in [5.41, 5.74) is 1.96. The fourth-order valence-corrected chi connectivity index (χ4v) is 3.60. The summed E-state index contributed by atoms with van der Waals surface area (Å²) < 4.78 is 24.4. The number of ether oxygens (including phenoxy) is 2. The number of amides is 3. The van der Waals surface area contributed by atoms with Gasteiger partial charge in [-0.1, -0.05) is 6.07 Å². The molecule has 2 heterocycles. The zero-order valence-corrected chi connectivity index (χ0v) is 16.1. The first-order valence-corrected chi connectivity index (χ1v) is 9.51. The molecule has 29 heavy (non-hydrogen) atoms. The molecule has 0 aliphatic carbocycles. The molecule has 0 radical (unpaired) electrons. The second-order valence-electron chi connectivity index (χ2n) is 6.99. The van der Waals surface area contributed by atoms with Crippen molar-refractivity contribution in [3.8, 4) is 11.5 Å². The maximum Gasteiger partial charge on any atom is 0.322 e. The second-order valence-corrected chi connectivity index (χ2v) is 6.99. The van der Waals surface area contributed by atoms with Crippen LogP contribution in [0.15, 0.2) is 36.4 Å². The maximum atomic E-state index is 13.4. The molecule has 1 N–H and O–H groups in total. The van der Waals surface area contributed by atoms with Crippen LogP contribution in [0.2, 0.25) is 0 Å². The second kappa shape index (κ2) is 7.98. The molecule has 0 spiro atoms. The third kappa shape index (κ3) is 3.96. The molecule has 2 aliphatic heterocycles. The van der Waals surface area contributed by atoms with Gasteiger partial charge < -0.3 is 24.6 Å². The highest BCUT2D eigenvalue weighted by Gasteiger charge is 2.25. The zero-order chi connectivity index (χ0) is 20.4. The average molecular weight is 399 g/mol. The van der Waals surface area contributed by atoms with Crippen LogP contribution in [0.5, 0.6) is 11.5 Å². The predicted octanol–water partition coefficient (Wildman–Crippen LogP) is 3.39. The molecule has 0 atom stereocenters. The molecule has 2 aliphatic rings. The predicted molar refractivity (Wildman–Crippen MR) is 106 cm³/mol. The number of anilines is 2. The quantitative estimate of drug-likeness (QED) is 0.859. The Labute approximate surface area is 168 Å². The topological polar surface area (TPSA) is 71.1 Å². The first kappa shape index (κ1) is 19.0. The van der Waals surface area contributed by atoms with E-state index in [2.05, 4.69) is 5.32 Å². The summed E-state index contributed by atoms with van der Waals surface area (Å²) >= 11 is 0. The lowest BCUT2D eigenvalue weighted by Gasteiger charge is -2.22. The van der Waals surface area contributed by atoms with Crippen molar-refractivity contribution in [1.82, 2.24) is 4.90 Å². The van der Waals surface area contributed by atoms with E-state index >= 15 is 0 Å². The molecule has 7 nitrogen and oxygen atoms in total. The molecule has 0 unspecified atom stereocenters. The number of fused-ring (bicyclic) bond motifs is 1. The maximum absolute atomic E-state index is 13.4. The van der Waals surface area contributed by atoms with Gasteiger partial charge in [-0.3, -0.25) is 4.79 Å². The van der Waals surface area contributed by atoms with E-state index in [-0.39, 0.29) is 24.4 Å². The van der Waals surface area contributed by atoms with Crippen molar-refractivity contribution in [3.63, 3.8) is 0 Å². The number of nitrogens with one attached hydrogen (secondary N) is 1. The lowest BCUT2D eigenvalue weighted by molar-refractivity contribution is -0.117. The number of rotatable bonds is 3. The highest BCUT2D eigenvalue weighted by molar-refractivity contribution is 5.98. The van der Waals surface area contributed by atoms with Crippen molar-refractivity contribution in [2.45, 2.75) is 19.4 Å². The number of carbonyl (C=O) groups is 2. The summed E-state index contributed by atoms with van der Waals surface area (Å²) in [7, 11) is 1.55. The Morgan fingerprint density at radius 3 is 2.83 bits per heavy atom. The van der Waals surface area contributed by atoms with Crippen LogP contribution in [0, 0.1) is 5.82 Å². The van der Waals surface area contributed by atoms with Crippen LogP contribution < -0.4 is 19.7 Å². The summed E-state index contributed by atoms with van der Waals surface area (Å²) in [6.07, 6.45) is 1.31. The van der Waals surface area contributed by atoms with Crippen molar-refractivity contribution >= 4 is 23.3 Å². The van der Waals surface area contributed by atoms with Crippen molar-refractivity contribution in [2.75, 3.05) is 37.0 Å². The Kier molecular flexibility index (Phi) is 5.24. The zero-order valence-electron chi connectivity index (χ0n) is 16.1. The molecule has 8 heteroatoms. The van der Waals surface area contributed by atoms with E-state index in [1.54, 1.807) is 41.2 Å². The van der Waals surface area contributed by atoms with Gasteiger partial charge in [-0.25, -0.2) is 9.18 Å². The van der Waals surface area contributed by atoms with Gasteiger partial charge >= 0.3 is 6.03 Å². The molecule has 0 saturated carbocycles. The van der Waals surface area contributed by atoms with Crippen molar-refractivity contribution in [2.24, 2.45) is 0 Å². The monoisotopic (exact) mass is 399 g/mol. The smallest absolute Gasteiger partial charge is 0.322 e. The third-order valence-corrected chi connectivity index (χ3v) is 5.09. The Morgan fingerprint density at radius 1 is 1.21 bits per heavy atom. The van der Waals surface area contributed by atoms with Crippen LogP contribution in [0.3, 0.4) is 0 Å². The Morgan fingerprint density at radius 2 is 2.07 bits per heavy atom. The van der Waals surface area contributed by atoms with Gasteiger partial charge in [-0.2, -0.15) is 0 Å². The van der Waals surface area contributed by atoms with E-state index in [1.165, 1.54) is 12.1 Å². The Balaban J connectivity index is 1.52. The van der Waals surface area contributed by atoms with Crippen LogP contribution in [0.4, 0.5) is 20.6 Å². The van der Waals surface area contributed by atoms with Gasteiger partial charge in [0.1, 0.15) is 23.9 Å². The van der Waals surface area contributed by atoms with Gasteiger partial charge in [0.05, 0.1) is 25.9 Å². The lowest BCUT2D eigenvalue weighted by Crippen LogP contribution is -2.36. The number of methoxy groups -OCH3 is 1. The summed E-state index contributed by atoms with van der Waals surface area (Å²) in [5.74, 6) is 0.709. The molecule has 3 amide bonds. The van der Waals surface area contributed by atoms with Gasteiger partial charge in [0.25, 0.3) is 0 Å². The van der Waals surface area contributed by atoms with E-state index in [1.807, 2.05) is 0 Å². The largest absolute Gasteiger partial charge is 0.495 e. The number of nitrogens with zero attached hydrogens (tertiary/aromatic N) is 2. The molecular formula is C21H22FN3O4. The molecular weight excluding hydrogens is 377 g/mol. The van der Waals surface area contributed by atoms with Gasteiger partial charge in [-0.05, 0) is 30.7 Å². The van der Waals surface area contributed by atoms with Gasteiger partial charge in [-0.15, -0.1) is 0 Å². The first-order valence-electron chi connectivity index (χ1n) is 9.51. The first-order chi connectivity index (χ1) is 14.0. The number of hydrogen-bond acceptors (Lipinski definition) is 4. The third-order valence-electron chi connectivity index (χ3n) is 5.09. The number of hydrogen-bond donors (Lipinski definition) is 1. The Bertz CT molecular complexity index is 950. The van der Waals surface area contributed by atoms with E-state index in [9.17, 15) is 14.0 Å². The molecule has 0 bridgehead atoms. The Hall–Kier alpha value is -3.29. The molecule has 2 aromatic rings. The highest BCUT2D eigenvalue weighted by atomic mass is 19.1. The van der Waals surface area contributed by atoms with Gasteiger partial charge in [0, 0.05) is 30.3 Å². The number of halogens is 1. The average Bonchev–Trinajstić information content (AvgIpc) is 3.02.